The summed E-state index contributed by atoms with van der Waals surface area (Å²) < 4.78 is 10.4. The molecule has 1 aromatic carbocycles. The van der Waals surface area contributed by atoms with Gasteiger partial charge in [0.25, 0.3) is 0 Å². The molecule has 13 heavy (non-hydrogen) atoms. The van der Waals surface area contributed by atoms with Crippen molar-refractivity contribution in [2.45, 2.75) is 3.74 Å². The van der Waals surface area contributed by atoms with E-state index in [1.165, 1.54) is 0 Å². The Hall–Kier alpha value is -0.220. The quantitative estimate of drug-likeness (QED) is 0.796. The highest BCUT2D eigenvalue weighted by molar-refractivity contribution is 9.24. The Labute approximate surface area is 94.5 Å². The molecule has 0 fully saturated rings. The van der Waals surface area contributed by atoms with E-state index in [2.05, 4.69) is 31.9 Å². The van der Waals surface area contributed by atoms with Crippen molar-refractivity contribution < 1.29 is 9.47 Å². The van der Waals surface area contributed by atoms with E-state index in [0.717, 1.165) is 17.1 Å². The number of ether oxygens (including phenoxy) is 2. The number of hydrogen-bond acceptors (Lipinski definition) is 2. The molecule has 0 amide bonds. The molecule has 0 aliphatic heterocycles. The number of methoxy groups -OCH3 is 2. The number of hydrogen-bond donors (Lipinski definition) is 0. The molecule has 0 bridgehead atoms. The highest BCUT2D eigenvalue weighted by Crippen LogP contribution is 2.34. The van der Waals surface area contributed by atoms with Crippen LogP contribution in [0.3, 0.4) is 0 Å². The first-order valence-electron chi connectivity index (χ1n) is 3.68. The number of halogens is 2. The Morgan fingerprint density at radius 3 is 1.77 bits per heavy atom. The van der Waals surface area contributed by atoms with Crippen LogP contribution in [0.5, 0.6) is 11.5 Å². The van der Waals surface area contributed by atoms with Crippen molar-refractivity contribution in [3.8, 4) is 11.5 Å². The van der Waals surface area contributed by atoms with Gasteiger partial charge in [0.05, 0.1) is 18.0 Å². The minimum Gasteiger partial charge on any atom is -0.497 e. The topological polar surface area (TPSA) is 18.5 Å². The molecule has 0 aromatic heterocycles. The van der Waals surface area contributed by atoms with Gasteiger partial charge in [-0.2, -0.15) is 0 Å². The second kappa shape index (κ2) is 4.86. The lowest BCUT2D eigenvalue weighted by molar-refractivity contribution is 0.393. The molecular formula is C9H10Br2O2. The molecule has 0 heterocycles. The maximum absolute atomic E-state index is 5.13. The Balaban J connectivity index is 3.07. The van der Waals surface area contributed by atoms with Crippen molar-refractivity contribution in [3.05, 3.63) is 23.8 Å². The van der Waals surface area contributed by atoms with Crippen molar-refractivity contribution in [2.24, 2.45) is 0 Å². The molecule has 0 radical (unpaired) electrons. The highest BCUT2D eigenvalue weighted by atomic mass is 79.9. The lowest BCUT2D eigenvalue weighted by Gasteiger charge is -2.08. The summed E-state index contributed by atoms with van der Waals surface area (Å²) >= 11 is 6.83. The maximum atomic E-state index is 5.13. The minimum atomic E-state index is 0.115. The predicted octanol–water partition coefficient (Wildman–Crippen LogP) is 3.49. The third kappa shape index (κ3) is 2.88. The summed E-state index contributed by atoms with van der Waals surface area (Å²) in [5.74, 6) is 1.58. The van der Waals surface area contributed by atoms with E-state index in [4.69, 9.17) is 9.47 Å². The molecule has 0 aliphatic rings. The van der Waals surface area contributed by atoms with E-state index >= 15 is 0 Å². The second-order valence-electron chi connectivity index (χ2n) is 2.45. The fourth-order valence-electron chi connectivity index (χ4n) is 0.955. The van der Waals surface area contributed by atoms with E-state index in [9.17, 15) is 0 Å². The molecule has 0 saturated carbocycles. The molecule has 0 N–H and O–H groups in total. The summed E-state index contributed by atoms with van der Waals surface area (Å²) in [6, 6.07) is 5.72. The van der Waals surface area contributed by atoms with E-state index in [1.54, 1.807) is 14.2 Å². The summed E-state index contributed by atoms with van der Waals surface area (Å²) in [4.78, 5) is 0. The third-order valence-corrected chi connectivity index (χ3v) is 2.68. The molecule has 0 atom stereocenters. The van der Waals surface area contributed by atoms with Gasteiger partial charge < -0.3 is 9.47 Å². The van der Waals surface area contributed by atoms with Crippen LogP contribution in [0.15, 0.2) is 18.2 Å². The Bertz CT molecular complexity index is 265. The van der Waals surface area contributed by atoms with Crippen LogP contribution in [0.4, 0.5) is 0 Å². The Kier molecular flexibility index (Phi) is 4.06. The minimum absolute atomic E-state index is 0.115. The van der Waals surface area contributed by atoms with Gasteiger partial charge in [-0.15, -0.1) is 0 Å². The van der Waals surface area contributed by atoms with Crippen LogP contribution in [0.25, 0.3) is 0 Å². The normalized spacial score (nSPS) is 10.2. The number of rotatable bonds is 3. The molecule has 0 aliphatic carbocycles. The van der Waals surface area contributed by atoms with Crippen LogP contribution in [0.1, 0.15) is 9.30 Å². The summed E-state index contributed by atoms with van der Waals surface area (Å²) in [6.07, 6.45) is 0. The molecule has 0 spiro atoms. The van der Waals surface area contributed by atoms with E-state index < -0.39 is 0 Å². The highest BCUT2D eigenvalue weighted by Gasteiger charge is 2.06. The SMILES string of the molecule is COc1cc(OC)cc(C(Br)Br)c1. The van der Waals surface area contributed by atoms with E-state index in [1.807, 2.05) is 18.2 Å². The van der Waals surface area contributed by atoms with Gasteiger partial charge in [0.2, 0.25) is 0 Å². The summed E-state index contributed by atoms with van der Waals surface area (Å²) in [7, 11) is 3.27. The first-order valence-corrected chi connectivity index (χ1v) is 5.51. The standard InChI is InChI=1S/C9H10Br2O2/c1-12-7-3-6(9(10)11)4-8(5-7)13-2/h3-5,9H,1-2H3. The van der Waals surface area contributed by atoms with Gasteiger partial charge in [-0.3, -0.25) is 0 Å². The molecule has 2 nitrogen and oxygen atoms in total. The van der Waals surface area contributed by atoms with Gasteiger partial charge in [0, 0.05) is 6.07 Å². The Morgan fingerprint density at radius 2 is 1.46 bits per heavy atom. The van der Waals surface area contributed by atoms with Gasteiger partial charge >= 0.3 is 0 Å². The molecule has 4 heteroatoms. The van der Waals surface area contributed by atoms with Crippen LogP contribution < -0.4 is 9.47 Å². The smallest absolute Gasteiger partial charge is 0.122 e. The number of alkyl halides is 2. The van der Waals surface area contributed by atoms with Crippen LogP contribution >= 0.6 is 31.9 Å². The zero-order valence-corrected chi connectivity index (χ0v) is 10.6. The molecule has 1 aromatic rings. The van der Waals surface area contributed by atoms with Gasteiger partial charge in [-0.25, -0.2) is 0 Å². The van der Waals surface area contributed by atoms with Crippen LogP contribution in [0, 0.1) is 0 Å². The monoisotopic (exact) mass is 308 g/mol. The first kappa shape index (κ1) is 10.9. The third-order valence-electron chi connectivity index (χ3n) is 1.63. The lowest BCUT2D eigenvalue weighted by Crippen LogP contribution is -1.90. The van der Waals surface area contributed by atoms with E-state index in [0.29, 0.717) is 0 Å². The fraction of sp³-hybridized carbons (Fsp3) is 0.333. The van der Waals surface area contributed by atoms with Gasteiger partial charge in [-0.1, -0.05) is 31.9 Å². The van der Waals surface area contributed by atoms with Crippen LogP contribution in [-0.4, -0.2) is 14.2 Å². The van der Waals surface area contributed by atoms with Crippen LogP contribution in [0.2, 0.25) is 0 Å². The zero-order valence-electron chi connectivity index (χ0n) is 7.38. The first-order chi connectivity index (χ1) is 6.17. The van der Waals surface area contributed by atoms with Crippen molar-refractivity contribution >= 4 is 31.9 Å². The maximum Gasteiger partial charge on any atom is 0.122 e. The molecule has 72 valence electrons. The van der Waals surface area contributed by atoms with Gasteiger partial charge in [-0.05, 0) is 17.7 Å². The van der Waals surface area contributed by atoms with Crippen molar-refractivity contribution in [1.29, 1.82) is 0 Å². The summed E-state index contributed by atoms with van der Waals surface area (Å²) in [5, 5.41) is 0. The second-order valence-corrected chi connectivity index (χ2v) is 5.51. The Morgan fingerprint density at radius 1 is 1.00 bits per heavy atom. The zero-order chi connectivity index (χ0) is 9.84. The lowest BCUT2D eigenvalue weighted by atomic mass is 10.2. The van der Waals surface area contributed by atoms with Crippen molar-refractivity contribution in [2.75, 3.05) is 14.2 Å². The largest absolute Gasteiger partial charge is 0.497 e. The molecule has 0 saturated heterocycles. The van der Waals surface area contributed by atoms with Crippen molar-refractivity contribution in [1.82, 2.24) is 0 Å². The number of benzene rings is 1. The van der Waals surface area contributed by atoms with Gasteiger partial charge in [0.15, 0.2) is 0 Å². The van der Waals surface area contributed by atoms with Crippen LogP contribution in [-0.2, 0) is 0 Å². The molecule has 0 unspecified atom stereocenters. The molecular weight excluding hydrogens is 300 g/mol. The average molecular weight is 310 g/mol. The average Bonchev–Trinajstić information content (AvgIpc) is 2.16. The van der Waals surface area contributed by atoms with Crippen molar-refractivity contribution in [3.63, 3.8) is 0 Å². The van der Waals surface area contributed by atoms with Gasteiger partial charge in [0.1, 0.15) is 11.5 Å². The summed E-state index contributed by atoms with van der Waals surface area (Å²) in [6.45, 7) is 0. The predicted molar refractivity (Wildman–Crippen MR) is 60.1 cm³/mol. The summed E-state index contributed by atoms with van der Waals surface area (Å²) in [5.41, 5.74) is 1.07. The fourth-order valence-corrected chi connectivity index (χ4v) is 1.48. The van der Waals surface area contributed by atoms with E-state index in [-0.39, 0.29) is 3.74 Å². The molecule has 1 rings (SSSR count).